The van der Waals surface area contributed by atoms with Crippen LogP contribution in [0.1, 0.15) is 35.1 Å². The molecule has 0 fully saturated rings. The molecule has 4 rings (SSSR count). The van der Waals surface area contributed by atoms with E-state index < -0.39 is 0 Å². The van der Waals surface area contributed by atoms with E-state index >= 15 is 0 Å². The number of hydrogen-bond acceptors (Lipinski definition) is 1. The molecule has 1 aliphatic heterocycles. The van der Waals surface area contributed by atoms with E-state index in [0.29, 0.717) is 5.92 Å². The Morgan fingerprint density at radius 1 is 0.875 bits per heavy atom. The highest BCUT2D eigenvalue weighted by molar-refractivity contribution is 9.10. The third kappa shape index (κ3) is 3.09. The van der Waals surface area contributed by atoms with Gasteiger partial charge in [-0.2, -0.15) is 0 Å². The zero-order valence-corrected chi connectivity index (χ0v) is 15.4. The van der Waals surface area contributed by atoms with Crippen molar-refractivity contribution in [2.45, 2.75) is 18.4 Å². The molecule has 0 amide bonds. The van der Waals surface area contributed by atoms with E-state index in [1.807, 2.05) is 6.07 Å². The minimum Gasteiger partial charge on any atom is -0.378 e. The SMILES string of the molecule is Clc1ccc2c(c1)[C@H](c1ccccc1)C[C@H](c1ccc(Br)cc1)N2. The van der Waals surface area contributed by atoms with Crippen molar-refractivity contribution in [3.63, 3.8) is 0 Å². The molecule has 1 N–H and O–H groups in total. The Morgan fingerprint density at radius 3 is 2.38 bits per heavy atom. The van der Waals surface area contributed by atoms with Crippen LogP contribution in [0, 0.1) is 0 Å². The minimum absolute atomic E-state index is 0.289. The normalized spacial score (nSPS) is 19.4. The summed E-state index contributed by atoms with van der Waals surface area (Å²) in [6, 6.07) is 25.7. The Labute approximate surface area is 155 Å². The van der Waals surface area contributed by atoms with E-state index in [1.165, 1.54) is 22.4 Å². The number of halogens is 2. The molecule has 1 heterocycles. The van der Waals surface area contributed by atoms with Crippen LogP contribution in [0.2, 0.25) is 5.02 Å². The molecule has 0 bridgehead atoms. The fourth-order valence-electron chi connectivity index (χ4n) is 3.48. The van der Waals surface area contributed by atoms with E-state index in [2.05, 4.69) is 88.0 Å². The third-order valence-electron chi connectivity index (χ3n) is 4.66. The summed E-state index contributed by atoms with van der Waals surface area (Å²) in [7, 11) is 0. The molecule has 2 atom stereocenters. The van der Waals surface area contributed by atoms with Crippen LogP contribution in [0.15, 0.2) is 77.3 Å². The monoisotopic (exact) mass is 397 g/mol. The number of nitrogens with one attached hydrogen (secondary N) is 1. The third-order valence-corrected chi connectivity index (χ3v) is 5.43. The highest BCUT2D eigenvalue weighted by Gasteiger charge is 2.28. The average Bonchev–Trinajstić information content (AvgIpc) is 2.62. The maximum absolute atomic E-state index is 6.27. The number of hydrogen-bond donors (Lipinski definition) is 1. The standard InChI is InChI=1S/C21H17BrClN/c22-16-8-6-15(7-9-16)21-13-18(14-4-2-1-3-5-14)19-12-17(23)10-11-20(19)24-21/h1-12,18,21,24H,13H2/t18-,21+/m0/s1. The van der Waals surface area contributed by atoms with Gasteiger partial charge in [-0.05, 0) is 53.4 Å². The van der Waals surface area contributed by atoms with Gasteiger partial charge in [0.15, 0.2) is 0 Å². The Balaban J connectivity index is 1.77. The van der Waals surface area contributed by atoms with Gasteiger partial charge in [0, 0.05) is 21.1 Å². The Bertz CT molecular complexity index is 845. The molecule has 1 nitrogen and oxygen atoms in total. The predicted octanol–water partition coefficient (Wildman–Crippen LogP) is 6.79. The zero-order chi connectivity index (χ0) is 16.5. The van der Waals surface area contributed by atoms with Gasteiger partial charge in [-0.25, -0.2) is 0 Å². The molecule has 0 spiro atoms. The number of rotatable bonds is 2. The van der Waals surface area contributed by atoms with Crippen LogP contribution in [0.5, 0.6) is 0 Å². The molecule has 0 radical (unpaired) electrons. The fraction of sp³-hybridized carbons (Fsp3) is 0.143. The predicted molar refractivity (Wildman–Crippen MR) is 105 cm³/mol. The second kappa shape index (κ2) is 6.62. The van der Waals surface area contributed by atoms with Crippen molar-refractivity contribution in [3.05, 3.63) is 99.0 Å². The molecule has 24 heavy (non-hydrogen) atoms. The molecule has 120 valence electrons. The number of fused-ring (bicyclic) bond motifs is 1. The van der Waals surface area contributed by atoms with Gasteiger partial charge in [-0.3, -0.25) is 0 Å². The first-order chi connectivity index (χ1) is 11.7. The van der Waals surface area contributed by atoms with Gasteiger partial charge >= 0.3 is 0 Å². The van der Waals surface area contributed by atoms with E-state index in [9.17, 15) is 0 Å². The van der Waals surface area contributed by atoms with Crippen molar-refractivity contribution in [3.8, 4) is 0 Å². The molecule has 0 aliphatic carbocycles. The van der Waals surface area contributed by atoms with Crippen molar-refractivity contribution in [2.24, 2.45) is 0 Å². The van der Waals surface area contributed by atoms with Crippen molar-refractivity contribution >= 4 is 33.2 Å². The molecular formula is C21H17BrClN. The largest absolute Gasteiger partial charge is 0.378 e. The summed E-state index contributed by atoms with van der Waals surface area (Å²) in [6.07, 6.45) is 1.01. The van der Waals surface area contributed by atoms with Crippen LogP contribution < -0.4 is 5.32 Å². The number of anilines is 1. The molecular weight excluding hydrogens is 382 g/mol. The molecule has 1 aliphatic rings. The first-order valence-electron chi connectivity index (χ1n) is 8.07. The lowest BCUT2D eigenvalue weighted by Gasteiger charge is -2.34. The first kappa shape index (κ1) is 15.7. The maximum atomic E-state index is 6.27. The summed E-state index contributed by atoms with van der Waals surface area (Å²) in [5.41, 5.74) is 5.10. The molecule has 0 saturated carbocycles. The molecule has 0 aromatic heterocycles. The summed E-state index contributed by atoms with van der Waals surface area (Å²) in [5.74, 6) is 0.342. The van der Waals surface area contributed by atoms with Gasteiger partial charge in [0.25, 0.3) is 0 Å². The Hall–Kier alpha value is -1.77. The van der Waals surface area contributed by atoms with Gasteiger partial charge < -0.3 is 5.32 Å². The molecule has 3 aromatic rings. The van der Waals surface area contributed by atoms with Gasteiger partial charge in [-0.1, -0.05) is 70.0 Å². The van der Waals surface area contributed by atoms with Crippen LogP contribution in [-0.4, -0.2) is 0 Å². The van der Waals surface area contributed by atoms with Crippen molar-refractivity contribution < 1.29 is 0 Å². The van der Waals surface area contributed by atoms with Gasteiger partial charge in [-0.15, -0.1) is 0 Å². The lowest BCUT2D eigenvalue weighted by atomic mass is 9.80. The van der Waals surface area contributed by atoms with Crippen LogP contribution in [-0.2, 0) is 0 Å². The van der Waals surface area contributed by atoms with Gasteiger partial charge in [0.2, 0.25) is 0 Å². The first-order valence-corrected chi connectivity index (χ1v) is 9.24. The lowest BCUT2D eigenvalue weighted by Crippen LogP contribution is -2.22. The van der Waals surface area contributed by atoms with E-state index in [1.54, 1.807) is 0 Å². The second-order valence-corrected chi connectivity index (χ2v) is 7.53. The van der Waals surface area contributed by atoms with Crippen LogP contribution in [0.4, 0.5) is 5.69 Å². The highest BCUT2D eigenvalue weighted by Crippen LogP contribution is 2.44. The van der Waals surface area contributed by atoms with Crippen molar-refractivity contribution in [1.82, 2.24) is 0 Å². The molecule has 3 heteroatoms. The highest BCUT2D eigenvalue weighted by atomic mass is 79.9. The topological polar surface area (TPSA) is 12.0 Å². The smallest absolute Gasteiger partial charge is 0.0523 e. The Morgan fingerprint density at radius 2 is 1.62 bits per heavy atom. The Kier molecular flexibility index (Phi) is 4.34. The molecule has 3 aromatic carbocycles. The molecule has 0 saturated heterocycles. The van der Waals surface area contributed by atoms with Crippen LogP contribution >= 0.6 is 27.5 Å². The summed E-state index contributed by atoms with van der Waals surface area (Å²) in [6.45, 7) is 0. The number of benzene rings is 3. The fourth-order valence-corrected chi connectivity index (χ4v) is 3.92. The zero-order valence-electron chi connectivity index (χ0n) is 13.0. The maximum Gasteiger partial charge on any atom is 0.0523 e. The van der Waals surface area contributed by atoms with Gasteiger partial charge in [0.05, 0.1) is 6.04 Å². The van der Waals surface area contributed by atoms with Crippen LogP contribution in [0.3, 0.4) is 0 Å². The van der Waals surface area contributed by atoms with Crippen molar-refractivity contribution in [1.29, 1.82) is 0 Å². The average molecular weight is 399 g/mol. The summed E-state index contributed by atoms with van der Waals surface area (Å²) < 4.78 is 1.11. The quantitative estimate of drug-likeness (QED) is 0.501. The van der Waals surface area contributed by atoms with Gasteiger partial charge in [0.1, 0.15) is 0 Å². The van der Waals surface area contributed by atoms with E-state index in [4.69, 9.17) is 11.6 Å². The summed E-state index contributed by atoms with van der Waals surface area (Å²) >= 11 is 9.78. The van der Waals surface area contributed by atoms with E-state index in [-0.39, 0.29) is 6.04 Å². The molecule has 0 unspecified atom stereocenters. The van der Waals surface area contributed by atoms with E-state index in [0.717, 1.165) is 15.9 Å². The van der Waals surface area contributed by atoms with Crippen molar-refractivity contribution in [2.75, 3.05) is 5.32 Å². The summed E-state index contributed by atoms with van der Waals surface area (Å²) in [4.78, 5) is 0. The summed E-state index contributed by atoms with van der Waals surface area (Å²) in [5, 5.41) is 4.48. The lowest BCUT2D eigenvalue weighted by molar-refractivity contribution is 0.603. The minimum atomic E-state index is 0.289. The van der Waals surface area contributed by atoms with Crippen LogP contribution in [0.25, 0.3) is 0 Å². The second-order valence-electron chi connectivity index (χ2n) is 6.18.